The van der Waals surface area contributed by atoms with Gasteiger partial charge in [0.1, 0.15) is 6.54 Å². The summed E-state index contributed by atoms with van der Waals surface area (Å²) in [5.41, 5.74) is 5.92. The van der Waals surface area contributed by atoms with Crippen LogP contribution in [-0.4, -0.2) is 79.1 Å². The molecular formula is C43H46ClN2O12S4+. The lowest BCUT2D eigenvalue weighted by Gasteiger charge is -2.27. The molecule has 19 heteroatoms. The number of hydrogen-bond acceptors (Lipinski definition) is 11. The molecule has 0 fully saturated rings. The molecule has 3 aliphatic rings. The van der Waals surface area contributed by atoms with Crippen molar-refractivity contribution >= 4 is 92.6 Å². The Morgan fingerprint density at radius 2 is 1.45 bits per heavy atom. The Balaban J connectivity index is 1.25. The summed E-state index contributed by atoms with van der Waals surface area (Å²) >= 11 is 7.99. The first kappa shape index (κ1) is 46.1. The average molecular weight is 947 g/mol. The summed E-state index contributed by atoms with van der Waals surface area (Å²) in [5.74, 6) is -0.835. The summed E-state index contributed by atoms with van der Waals surface area (Å²) in [6.07, 6.45) is 9.51. The molecule has 4 aromatic carbocycles. The molecule has 0 unspecified atom stereocenters. The van der Waals surface area contributed by atoms with E-state index in [1.54, 1.807) is 12.1 Å². The van der Waals surface area contributed by atoms with Crippen LogP contribution < -0.4 is 4.90 Å². The maximum absolute atomic E-state index is 11.9. The fraction of sp³-hybridized carbons (Fsp3) is 0.326. The predicted molar refractivity (Wildman–Crippen MR) is 241 cm³/mol. The number of hydrogen-bond donors (Lipinski definition) is 4. The van der Waals surface area contributed by atoms with Crippen LogP contribution in [-0.2, 0) is 50.6 Å². The largest absolute Gasteiger partial charge is 0.344 e. The van der Waals surface area contributed by atoms with Crippen molar-refractivity contribution in [2.75, 3.05) is 29.5 Å². The molecule has 2 heterocycles. The minimum atomic E-state index is -4.44. The molecule has 0 bridgehead atoms. The molecule has 62 heavy (non-hydrogen) atoms. The van der Waals surface area contributed by atoms with Gasteiger partial charge in [0.05, 0.1) is 33.9 Å². The molecule has 330 valence electrons. The molecule has 0 atom stereocenters. The van der Waals surface area contributed by atoms with Gasteiger partial charge in [0.25, 0.3) is 30.4 Å². The molecule has 0 spiro atoms. The third-order valence-electron chi connectivity index (χ3n) is 11.8. The second-order valence-electron chi connectivity index (χ2n) is 16.5. The van der Waals surface area contributed by atoms with Gasteiger partial charge >= 0.3 is 0 Å². The van der Waals surface area contributed by atoms with Crippen LogP contribution in [0.15, 0.2) is 117 Å². The van der Waals surface area contributed by atoms with Crippen LogP contribution in [0.1, 0.15) is 64.5 Å². The zero-order valence-electron chi connectivity index (χ0n) is 34.2. The SMILES string of the molecule is CC1(C)C(/C=C/C2=C(Cl)C(=C/C=C3/N(CCCS(=O)(=O)O)c4ccc5cc(SOOO)ccc5c4C3(C)C)/CC2)=[N+](CCCS(=O)(=O)O)c2ccc3cc(S(=O)(=O)O)ccc3c21. The quantitative estimate of drug-likeness (QED) is 0.0288. The van der Waals surface area contributed by atoms with Crippen LogP contribution in [0.4, 0.5) is 11.4 Å². The van der Waals surface area contributed by atoms with Crippen LogP contribution in [0, 0.1) is 0 Å². The van der Waals surface area contributed by atoms with Crippen LogP contribution in [0.3, 0.4) is 0 Å². The number of rotatable bonds is 15. The second kappa shape index (κ2) is 17.2. The minimum absolute atomic E-state index is 0.133. The summed E-state index contributed by atoms with van der Waals surface area (Å²) in [4.78, 5) is 2.55. The lowest BCUT2D eigenvalue weighted by Crippen LogP contribution is -2.28. The third kappa shape index (κ3) is 9.32. The minimum Gasteiger partial charge on any atom is -0.344 e. The van der Waals surface area contributed by atoms with Gasteiger partial charge in [0.15, 0.2) is 5.71 Å². The van der Waals surface area contributed by atoms with Gasteiger partial charge < -0.3 is 4.90 Å². The van der Waals surface area contributed by atoms with E-state index in [-0.39, 0.29) is 24.3 Å². The van der Waals surface area contributed by atoms with Crippen molar-refractivity contribution < 1.29 is 58.1 Å². The van der Waals surface area contributed by atoms with Crippen molar-refractivity contribution in [2.45, 2.75) is 74.0 Å². The van der Waals surface area contributed by atoms with Crippen molar-refractivity contribution in [1.29, 1.82) is 0 Å². The van der Waals surface area contributed by atoms with Crippen molar-refractivity contribution in [1.82, 2.24) is 0 Å². The summed E-state index contributed by atoms with van der Waals surface area (Å²) in [7, 11) is -12.8. The third-order valence-corrected chi connectivity index (χ3v) is 15.3. The van der Waals surface area contributed by atoms with E-state index in [4.69, 9.17) is 16.9 Å². The highest BCUT2D eigenvalue weighted by molar-refractivity contribution is 7.94. The summed E-state index contributed by atoms with van der Waals surface area (Å²) in [5, 5.41) is 16.2. The lowest BCUT2D eigenvalue weighted by atomic mass is 9.79. The van der Waals surface area contributed by atoms with Crippen molar-refractivity contribution in [2.24, 2.45) is 0 Å². The van der Waals surface area contributed by atoms with Gasteiger partial charge in [-0.25, -0.2) is 5.26 Å². The summed E-state index contributed by atoms with van der Waals surface area (Å²) in [6, 6.07) is 17.7. The molecule has 0 radical (unpaired) electrons. The maximum atomic E-state index is 11.9. The van der Waals surface area contributed by atoms with Gasteiger partial charge in [0.2, 0.25) is 5.69 Å². The Morgan fingerprint density at radius 3 is 2.15 bits per heavy atom. The molecule has 0 saturated carbocycles. The smallest absolute Gasteiger partial charge is 0.294 e. The topological polar surface area (TPSA) is 208 Å². The number of anilines is 1. The molecule has 0 saturated heterocycles. The van der Waals surface area contributed by atoms with E-state index < -0.39 is 52.7 Å². The molecule has 0 aromatic heterocycles. The Kier molecular flexibility index (Phi) is 12.8. The maximum Gasteiger partial charge on any atom is 0.294 e. The summed E-state index contributed by atoms with van der Waals surface area (Å²) in [6.45, 7) is 8.83. The van der Waals surface area contributed by atoms with Crippen molar-refractivity contribution in [3.8, 4) is 0 Å². The zero-order chi connectivity index (χ0) is 45.0. The highest BCUT2D eigenvalue weighted by atomic mass is 35.5. The van der Waals surface area contributed by atoms with Crippen molar-refractivity contribution in [3.05, 3.63) is 118 Å². The van der Waals surface area contributed by atoms with E-state index in [2.05, 4.69) is 28.1 Å². The van der Waals surface area contributed by atoms with E-state index in [0.29, 0.717) is 34.7 Å². The monoisotopic (exact) mass is 945 g/mol. The van der Waals surface area contributed by atoms with Gasteiger partial charge in [-0.3, -0.25) is 13.7 Å². The number of allylic oxidation sites excluding steroid dienone is 8. The predicted octanol–water partition coefficient (Wildman–Crippen LogP) is 9.05. The molecule has 7 rings (SSSR count). The highest BCUT2D eigenvalue weighted by Gasteiger charge is 2.46. The van der Waals surface area contributed by atoms with Gasteiger partial charge in [-0.2, -0.15) is 29.8 Å². The first-order valence-corrected chi connectivity index (χ1v) is 25.4. The van der Waals surface area contributed by atoms with Crippen LogP contribution >= 0.6 is 23.6 Å². The average Bonchev–Trinajstić information content (AvgIpc) is 3.72. The second-order valence-corrected chi connectivity index (χ2v) is 22.2. The Hall–Kier alpha value is -3.92. The molecular weight excluding hydrogens is 900 g/mol. The van der Waals surface area contributed by atoms with Crippen molar-refractivity contribution in [3.63, 3.8) is 0 Å². The summed E-state index contributed by atoms with van der Waals surface area (Å²) < 4.78 is 106. The van der Waals surface area contributed by atoms with Crippen LogP contribution in [0.2, 0.25) is 0 Å². The molecule has 4 N–H and O–H groups in total. The molecule has 1 aliphatic carbocycles. The highest BCUT2D eigenvalue weighted by Crippen LogP contribution is 2.52. The molecule has 0 amide bonds. The van der Waals surface area contributed by atoms with E-state index in [0.717, 1.165) is 73.3 Å². The standard InChI is InChI=1S/C43H45ClN2O12S4/c1-42(2)37(45(21-5-23-60(48,49)50)35-17-9-29-25-31(59-58-57-47)13-15-33(29)39(35)42)19-11-27-7-8-28(41(27)44)12-20-38-43(3,4)40-34-16-14-32(62(54,55)56)26-30(34)10-18-36(40)46(38)22-6-24-61(51,52)53/h9-20,25-26H,5-8,21-24H2,1-4H3,(H3-,47,48,49,50,51,52,53,54,55,56)/p+1. The number of halogens is 1. The van der Waals surface area contributed by atoms with E-state index in [9.17, 15) is 38.9 Å². The van der Waals surface area contributed by atoms with Crippen LogP contribution in [0.25, 0.3) is 21.5 Å². The normalized spacial score (nSPS) is 19.0. The first-order chi connectivity index (χ1) is 29.0. The van der Waals surface area contributed by atoms with Gasteiger partial charge in [-0.15, -0.1) is 4.33 Å². The van der Waals surface area contributed by atoms with Gasteiger partial charge in [0, 0.05) is 57.4 Å². The van der Waals surface area contributed by atoms with Gasteiger partial charge in [-0.1, -0.05) is 60.8 Å². The molecule has 2 aliphatic heterocycles. The van der Waals surface area contributed by atoms with E-state index >= 15 is 0 Å². The Morgan fingerprint density at radius 1 is 0.790 bits per heavy atom. The van der Waals surface area contributed by atoms with Gasteiger partial charge in [-0.05, 0) is 114 Å². The number of nitrogens with zero attached hydrogens (tertiary/aromatic N) is 2. The fourth-order valence-corrected chi connectivity index (χ4v) is 11.3. The van der Waals surface area contributed by atoms with Crippen LogP contribution in [0.5, 0.6) is 0 Å². The first-order valence-electron chi connectivity index (χ1n) is 19.6. The fourth-order valence-electron chi connectivity index (χ4n) is 9.07. The Labute approximate surface area is 370 Å². The molecule has 4 aromatic rings. The van der Waals surface area contributed by atoms with E-state index in [1.807, 2.05) is 79.1 Å². The molecule has 14 nitrogen and oxygen atoms in total. The number of fused-ring (bicyclic) bond motifs is 6. The lowest BCUT2D eigenvalue weighted by molar-refractivity contribution is -0.437. The number of benzene rings is 4. The Bertz CT molecular complexity index is 3010. The van der Waals surface area contributed by atoms with E-state index in [1.165, 1.54) is 12.1 Å². The zero-order valence-corrected chi connectivity index (χ0v) is 38.2.